The Kier molecular flexibility index (Phi) is 4.77. The number of hydrogen-bond donors (Lipinski definition) is 0. The Morgan fingerprint density at radius 3 is 2.85 bits per heavy atom. The third-order valence-electron chi connectivity index (χ3n) is 4.40. The molecule has 0 unspecified atom stereocenters. The molecule has 0 radical (unpaired) electrons. The van der Waals surface area contributed by atoms with E-state index in [4.69, 9.17) is 9.47 Å². The number of cyclic esters (lactones) is 1. The number of amides is 2. The average molecular weight is 357 g/mol. The van der Waals surface area contributed by atoms with E-state index in [0.29, 0.717) is 19.7 Å². The molecule has 1 aromatic rings. The highest BCUT2D eigenvalue weighted by Crippen LogP contribution is 2.39. The van der Waals surface area contributed by atoms with Crippen molar-refractivity contribution in [2.75, 3.05) is 18.1 Å². The van der Waals surface area contributed by atoms with Crippen LogP contribution in [0.2, 0.25) is 0 Å². The van der Waals surface area contributed by atoms with Crippen LogP contribution in [0.4, 0.5) is 15.3 Å². The molecule has 1 saturated heterocycles. The fraction of sp³-hybridized carbons (Fsp3) is 0.526. The number of carbonyl (C=O) groups excluding carboxylic acids is 2. The van der Waals surface area contributed by atoms with Crippen LogP contribution < -0.4 is 4.90 Å². The van der Waals surface area contributed by atoms with Gasteiger partial charge < -0.3 is 9.47 Å². The van der Waals surface area contributed by atoms with Gasteiger partial charge in [-0.15, -0.1) is 0 Å². The molecule has 0 bridgehead atoms. The van der Waals surface area contributed by atoms with E-state index in [1.165, 1.54) is 0 Å². The molecule has 26 heavy (non-hydrogen) atoms. The van der Waals surface area contributed by atoms with E-state index in [0.717, 1.165) is 23.2 Å². The lowest BCUT2D eigenvalue weighted by atomic mass is 10.0. The molecule has 2 amide bonds. The van der Waals surface area contributed by atoms with Gasteiger partial charge in [0.25, 0.3) is 0 Å². The SMILES string of the molecule is CC(C)(C)OC(=O)N1Cc2cc(N3CCCOC3=O)ccc2[C@H]1CC#N. The van der Waals surface area contributed by atoms with Crippen LogP contribution in [0.3, 0.4) is 0 Å². The lowest BCUT2D eigenvalue weighted by Crippen LogP contribution is -2.37. The molecule has 0 N–H and O–H groups in total. The minimum absolute atomic E-state index is 0.192. The third kappa shape index (κ3) is 3.59. The zero-order valence-electron chi connectivity index (χ0n) is 15.3. The Bertz CT molecular complexity index is 763. The second-order valence-electron chi connectivity index (χ2n) is 7.49. The smallest absolute Gasteiger partial charge is 0.414 e. The van der Waals surface area contributed by atoms with Crippen molar-refractivity contribution in [2.24, 2.45) is 0 Å². The van der Waals surface area contributed by atoms with E-state index in [1.54, 1.807) is 9.80 Å². The minimum Gasteiger partial charge on any atom is -0.449 e. The summed E-state index contributed by atoms with van der Waals surface area (Å²) in [6.07, 6.45) is 0.181. The molecule has 3 rings (SSSR count). The molecule has 138 valence electrons. The molecule has 1 fully saturated rings. The first-order chi connectivity index (χ1) is 12.3. The molecule has 1 atom stereocenters. The normalized spacial score (nSPS) is 19.6. The van der Waals surface area contributed by atoms with Gasteiger partial charge in [-0.1, -0.05) is 6.07 Å². The first-order valence-electron chi connectivity index (χ1n) is 8.74. The van der Waals surface area contributed by atoms with Crippen molar-refractivity contribution in [1.82, 2.24) is 4.90 Å². The van der Waals surface area contributed by atoms with Gasteiger partial charge in [0.15, 0.2) is 0 Å². The Balaban J connectivity index is 1.87. The molecule has 7 heteroatoms. The van der Waals surface area contributed by atoms with Gasteiger partial charge in [-0.3, -0.25) is 9.80 Å². The molecule has 0 aliphatic carbocycles. The van der Waals surface area contributed by atoms with Gasteiger partial charge in [-0.25, -0.2) is 9.59 Å². The average Bonchev–Trinajstić information content (AvgIpc) is 2.92. The quantitative estimate of drug-likeness (QED) is 0.805. The highest BCUT2D eigenvalue weighted by molar-refractivity contribution is 5.88. The summed E-state index contributed by atoms with van der Waals surface area (Å²) in [7, 11) is 0. The predicted octanol–water partition coefficient (Wildman–Crippen LogP) is 3.74. The molecule has 2 aliphatic rings. The lowest BCUT2D eigenvalue weighted by molar-refractivity contribution is 0.0175. The predicted molar refractivity (Wildman–Crippen MR) is 94.5 cm³/mol. The maximum Gasteiger partial charge on any atom is 0.414 e. The topological polar surface area (TPSA) is 82.9 Å². The van der Waals surface area contributed by atoms with Crippen molar-refractivity contribution < 1.29 is 19.1 Å². The van der Waals surface area contributed by atoms with Crippen molar-refractivity contribution in [1.29, 1.82) is 5.26 Å². The monoisotopic (exact) mass is 357 g/mol. The second-order valence-corrected chi connectivity index (χ2v) is 7.49. The van der Waals surface area contributed by atoms with Crippen molar-refractivity contribution >= 4 is 17.9 Å². The minimum atomic E-state index is -0.605. The number of benzene rings is 1. The molecule has 0 spiro atoms. The number of anilines is 1. The summed E-state index contributed by atoms with van der Waals surface area (Å²) in [5.74, 6) is 0. The Hall–Kier alpha value is -2.75. The van der Waals surface area contributed by atoms with Crippen LogP contribution in [0.5, 0.6) is 0 Å². The highest BCUT2D eigenvalue weighted by Gasteiger charge is 2.36. The van der Waals surface area contributed by atoms with Gasteiger partial charge in [-0.05, 0) is 50.5 Å². The summed E-state index contributed by atoms with van der Waals surface area (Å²) in [5.41, 5.74) is 1.99. The molecule has 0 saturated carbocycles. The molecular weight excluding hydrogens is 334 g/mol. The molecular formula is C19H23N3O4. The van der Waals surface area contributed by atoms with E-state index in [9.17, 15) is 14.9 Å². The summed E-state index contributed by atoms with van der Waals surface area (Å²) in [5, 5.41) is 9.18. The summed E-state index contributed by atoms with van der Waals surface area (Å²) >= 11 is 0. The summed E-state index contributed by atoms with van der Waals surface area (Å²) in [4.78, 5) is 27.7. The van der Waals surface area contributed by atoms with Crippen molar-refractivity contribution in [3.63, 3.8) is 0 Å². The first kappa shape index (κ1) is 18.1. The number of hydrogen-bond acceptors (Lipinski definition) is 5. The van der Waals surface area contributed by atoms with Gasteiger partial charge >= 0.3 is 12.2 Å². The van der Waals surface area contributed by atoms with Crippen LogP contribution in [-0.4, -0.2) is 35.8 Å². The van der Waals surface area contributed by atoms with E-state index < -0.39 is 11.7 Å². The zero-order chi connectivity index (χ0) is 18.9. The molecule has 0 aromatic heterocycles. The van der Waals surface area contributed by atoms with Gasteiger partial charge in [-0.2, -0.15) is 5.26 Å². The standard InChI is InChI=1S/C19H23N3O4/c1-19(2,3)26-18(24)22-12-13-11-14(21-9-4-10-25-17(21)23)5-6-15(13)16(22)7-8-20/h5-6,11,16H,4,7,9-10,12H2,1-3H3/t16-/m1/s1. The number of ether oxygens (including phenoxy) is 2. The van der Waals surface area contributed by atoms with E-state index in [-0.39, 0.29) is 18.6 Å². The van der Waals surface area contributed by atoms with Crippen LogP contribution in [-0.2, 0) is 16.0 Å². The largest absolute Gasteiger partial charge is 0.449 e. The fourth-order valence-electron chi connectivity index (χ4n) is 3.29. The van der Waals surface area contributed by atoms with Crippen LogP contribution in [0.15, 0.2) is 18.2 Å². The van der Waals surface area contributed by atoms with Crippen molar-refractivity contribution in [2.45, 2.75) is 51.8 Å². The number of fused-ring (bicyclic) bond motifs is 1. The van der Waals surface area contributed by atoms with E-state index in [2.05, 4.69) is 6.07 Å². The van der Waals surface area contributed by atoms with Crippen molar-refractivity contribution in [3.05, 3.63) is 29.3 Å². The maximum atomic E-state index is 12.6. The van der Waals surface area contributed by atoms with Gasteiger partial charge in [0.1, 0.15) is 5.60 Å². The first-order valence-corrected chi connectivity index (χ1v) is 8.74. The Labute approximate surface area is 153 Å². The summed E-state index contributed by atoms with van der Waals surface area (Å²) < 4.78 is 10.6. The van der Waals surface area contributed by atoms with Crippen LogP contribution in [0.25, 0.3) is 0 Å². The lowest BCUT2D eigenvalue weighted by Gasteiger charge is -2.27. The van der Waals surface area contributed by atoms with Gasteiger partial charge in [0, 0.05) is 12.2 Å². The summed E-state index contributed by atoms with van der Waals surface area (Å²) in [6, 6.07) is 7.44. The van der Waals surface area contributed by atoms with Gasteiger partial charge in [0.05, 0.1) is 31.7 Å². The Morgan fingerprint density at radius 2 is 2.19 bits per heavy atom. The maximum absolute atomic E-state index is 12.6. The van der Waals surface area contributed by atoms with E-state index in [1.807, 2.05) is 39.0 Å². The zero-order valence-corrected chi connectivity index (χ0v) is 15.3. The number of carbonyl (C=O) groups is 2. The van der Waals surface area contributed by atoms with Crippen LogP contribution in [0, 0.1) is 11.3 Å². The van der Waals surface area contributed by atoms with E-state index >= 15 is 0 Å². The second kappa shape index (κ2) is 6.87. The highest BCUT2D eigenvalue weighted by atomic mass is 16.6. The molecule has 7 nitrogen and oxygen atoms in total. The van der Waals surface area contributed by atoms with Crippen LogP contribution >= 0.6 is 0 Å². The van der Waals surface area contributed by atoms with Crippen LogP contribution in [0.1, 0.15) is 50.8 Å². The molecule has 2 aliphatic heterocycles. The Morgan fingerprint density at radius 1 is 1.42 bits per heavy atom. The number of nitrogens with zero attached hydrogens (tertiary/aromatic N) is 3. The number of rotatable bonds is 2. The van der Waals surface area contributed by atoms with Crippen molar-refractivity contribution in [3.8, 4) is 6.07 Å². The number of nitriles is 1. The fourth-order valence-corrected chi connectivity index (χ4v) is 3.29. The molecule has 2 heterocycles. The molecule has 1 aromatic carbocycles. The summed E-state index contributed by atoms with van der Waals surface area (Å²) in [6.45, 7) is 6.84. The third-order valence-corrected chi connectivity index (χ3v) is 4.40. The van der Waals surface area contributed by atoms with Gasteiger partial charge in [0.2, 0.25) is 0 Å².